The van der Waals surface area contributed by atoms with Crippen LogP contribution in [0.15, 0.2) is 28.9 Å². The van der Waals surface area contributed by atoms with Gasteiger partial charge in [-0.15, -0.1) is 0 Å². The Morgan fingerprint density at radius 2 is 2.27 bits per heavy atom. The third kappa shape index (κ3) is 1.79. The molecule has 0 radical (unpaired) electrons. The van der Waals surface area contributed by atoms with Crippen LogP contribution in [0.5, 0.6) is 0 Å². The average molecular weight is 267 g/mol. The van der Waals surface area contributed by atoms with Crippen molar-refractivity contribution in [2.24, 2.45) is 0 Å². The Morgan fingerprint density at radius 3 is 3.00 bits per heavy atom. The van der Waals surface area contributed by atoms with E-state index in [1.54, 1.807) is 0 Å². The number of halogens is 1. The predicted octanol–water partition coefficient (Wildman–Crippen LogP) is 2.32. The molecular weight excluding hydrogens is 256 g/mol. The fourth-order valence-electron chi connectivity index (χ4n) is 1.73. The summed E-state index contributed by atoms with van der Waals surface area (Å²) in [5.41, 5.74) is 0.488. The summed E-state index contributed by atoms with van der Waals surface area (Å²) in [7, 11) is 0. The van der Waals surface area contributed by atoms with E-state index in [2.05, 4.69) is 21.0 Å². The lowest BCUT2D eigenvalue weighted by Gasteiger charge is -2.05. The number of aromatic nitrogens is 2. The summed E-state index contributed by atoms with van der Waals surface area (Å²) in [6, 6.07) is 5.99. The zero-order chi connectivity index (χ0) is 10.5. The lowest BCUT2D eigenvalue weighted by atomic mass is 10.3. The average Bonchev–Trinajstić information content (AvgIpc) is 2.76. The maximum Gasteiger partial charge on any atom is 0.0924 e. The van der Waals surface area contributed by atoms with Gasteiger partial charge in [-0.2, -0.15) is 5.10 Å². The monoisotopic (exact) mass is 266 g/mol. The highest BCUT2D eigenvalue weighted by Crippen LogP contribution is 2.36. The molecule has 4 heteroatoms. The van der Waals surface area contributed by atoms with Gasteiger partial charge >= 0.3 is 0 Å². The minimum Gasteiger partial charge on any atom is -0.388 e. The molecule has 3 rings (SSSR count). The molecular formula is C11H11BrN2O. The van der Waals surface area contributed by atoms with Gasteiger partial charge < -0.3 is 5.11 Å². The molecule has 1 saturated carbocycles. The number of hydrogen-bond donors (Lipinski definition) is 1. The maximum atomic E-state index is 9.79. The lowest BCUT2D eigenvalue weighted by molar-refractivity contribution is 0.125. The Balaban J connectivity index is 1.99. The first kappa shape index (κ1) is 9.36. The van der Waals surface area contributed by atoms with Crippen LogP contribution in [0.3, 0.4) is 0 Å². The topological polar surface area (TPSA) is 38.0 Å². The molecule has 0 atom stereocenters. The summed E-state index contributed by atoms with van der Waals surface area (Å²) < 4.78 is 2.89. The molecule has 78 valence electrons. The van der Waals surface area contributed by atoms with Crippen molar-refractivity contribution < 1.29 is 5.11 Å². The van der Waals surface area contributed by atoms with E-state index in [4.69, 9.17) is 0 Å². The Bertz CT molecular complexity index is 516. The summed E-state index contributed by atoms with van der Waals surface area (Å²) in [6.07, 6.45) is 3.77. The molecule has 0 bridgehead atoms. The van der Waals surface area contributed by atoms with Crippen LogP contribution in [-0.4, -0.2) is 20.5 Å². The van der Waals surface area contributed by atoms with Crippen molar-refractivity contribution in [3.8, 4) is 0 Å². The van der Waals surface area contributed by atoms with Gasteiger partial charge in [-0.05, 0) is 31.0 Å². The van der Waals surface area contributed by atoms with E-state index in [0.29, 0.717) is 6.54 Å². The van der Waals surface area contributed by atoms with Crippen LogP contribution < -0.4 is 0 Å². The van der Waals surface area contributed by atoms with Gasteiger partial charge in [-0.3, -0.25) is 4.68 Å². The van der Waals surface area contributed by atoms with E-state index < -0.39 is 5.60 Å². The Labute approximate surface area is 95.8 Å². The van der Waals surface area contributed by atoms with Crippen molar-refractivity contribution in [1.82, 2.24) is 9.78 Å². The van der Waals surface area contributed by atoms with Gasteiger partial charge in [0.25, 0.3) is 0 Å². The van der Waals surface area contributed by atoms with E-state index in [0.717, 1.165) is 28.2 Å². The van der Waals surface area contributed by atoms with Gasteiger partial charge in [-0.1, -0.05) is 15.9 Å². The number of hydrogen-bond acceptors (Lipinski definition) is 2. The van der Waals surface area contributed by atoms with Gasteiger partial charge in [0.1, 0.15) is 0 Å². The second-order valence-electron chi connectivity index (χ2n) is 4.25. The first-order valence-corrected chi connectivity index (χ1v) is 5.79. The van der Waals surface area contributed by atoms with Crippen LogP contribution in [0.4, 0.5) is 0 Å². The first-order valence-electron chi connectivity index (χ1n) is 5.00. The molecule has 2 aromatic rings. The van der Waals surface area contributed by atoms with E-state index in [-0.39, 0.29) is 0 Å². The van der Waals surface area contributed by atoms with Crippen molar-refractivity contribution in [1.29, 1.82) is 0 Å². The molecule has 0 spiro atoms. The third-order valence-corrected chi connectivity index (χ3v) is 3.29. The summed E-state index contributed by atoms with van der Waals surface area (Å²) in [5.74, 6) is 0. The van der Waals surface area contributed by atoms with E-state index in [9.17, 15) is 5.11 Å². The number of nitrogens with zero attached hydrogens (tertiary/aromatic N) is 2. The fraction of sp³-hybridized carbons (Fsp3) is 0.364. The molecule has 1 heterocycles. The van der Waals surface area contributed by atoms with Crippen LogP contribution >= 0.6 is 15.9 Å². The number of fused-ring (bicyclic) bond motifs is 1. The number of aliphatic hydroxyl groups is 1. The van der Waals surface area contributed by atoms with Gasteiger partial charge in [0.2, 0.25) is 0 Å². The molecule has 0 unspecified atom stereocenters. The Morgan fingerprint density at radius 1 is 1.47 bits per heavy atom. The van der Waals surface area contributed by atoms with Crippen LogP contribution in [0.1, 0.15) is 12.8 Å². The molecule has 0 aliphatic heterocycles. The van der Waals surface area contributed by atoms with E-state index >= 15 is 0 Å². The molecule has 1 fully saturated rings. The zero-order valence-electron chi connectivity index (χ0n) is 8.15. The fourth-order valence-corrected chi connectivity index (χ4v) is 2.11. The molecule has 1 aromatic heterocycles. The Hall–Kier alpha value is -0.870. The van der Waals surface area contributed by atoms with E-state index in [1.807, 2.05) is 29.1 Å². The smallest absolute Gasteiger partial charge is 0.0924 e. The van der Waals surface area contributed by atoms with Crippen molar-refractivity contribution >= 4 is 26.8 Å². The largest absolute Gasteiger partial charge is 0.388 e. The van der Waals surface area contributed by atoms with Crippen molar-refractivity contribution in [2.45, 2.75) is 25.0 Å². The summed E-state index contributed by atoms with van der Waals surface area (Å²) in [5, 5.41) is 15.3. The summed E-state index contributed by atoms with van der Waals surface area (Å²) in [6.45, 7) is 0.610. The summed E-state index contributed by atoms with van der Waals surface area (Å²) >= 11 is 3.43. The minimum absolute atomic E-state index is 0.487. The predicted molar refractivity (Wildman–Crippen MR) is 61.6 cm³/mol. The zero-order valence-corrected chi connectivity index (χ0v) is 9.74. The van der Waals surface area contributed by atoms with Crippen molar-refractivity contribution in [3.63, 3.8) is 0 Å². The molecule has 1 aliphatic rings. The molecule has 1 N–H and O–H groups in total. The second kappa shape index (κ2) is 3.06. The van der Waals surface area contributed by atoms with Crippen LogP contribution in [0.2, 0.25) is 0 Å². The molecule has 0 amide bonds. The van der Waals surface area contributed by atoms with Gasteiger partial charge in [-0.25, -0.2) is 0 Å². The normalized spacial score (nSPS) is 18.3. The highest BCUT2D eigenvalue weighted by molar-refractivity contribution is 9.10. The molecule has 3 nitrogen and oxygen atoms in total. The number of rotatable bonds is 2. The minimum atomic E-state index is -0.487. The summed E-state index contributed by atoms with van der Waals surface area (Å²) in [4.78, 5) is 0. The molecule has 0 saturated heterocycles. The van der Waals surface area contributed by atoms with Gasteiger partial charge in [0.15, 0.2) is 0 Å². The standard InChI is InChI=1S/C11H11BrN2O/c12-9-1-2-10-8(5-9)6-14(13-10)7-11(15)3-4-11/h1-2,5-6,15H,3-4,7H2. The second-order valence-corrected chi connectivity index (χ2v) is 5.17. The number of benzene rings is 1. The maximum absolute atomic E-state index is 9.79. The van der Waals surface area contributed by atoms with Crippen LogP contribution in [0, 0.1) is 0 Å². The Kier molecular flexibility index (Phi) is 1.91. The van der Waals surface area contributed by atoms with Gasteiger partial charge in [0, 0.05) is 16.1 Å². The molecule has 1 aliphatic carbocycles. The van der Waals surface area contributed by atoms with Crippen LogP contribution in [0.25, 0.3) is 10.9 Å². The third-order valence-electron chi connectivity index (χ3n) is 2.80. The highest BCUT2D eigenvalue weighted by Gasteiger charge is 2.40. The van der Waals surface area contributed by atoms with Gasteiger partial charge in [0.05, 0.1) is 17.7 Å². The van der Waals surface area contributed by atoms with Crippen molar-refractivity contribution in [2.75, 3.05) is 0 Å². The molecule has 1 aromatic carbocycles. The first-order chi connectivity index (χ1) is 7.15. The van der Waals surface area contributed by atoms with E-state index in [1.165, 1.54) is 0 Å². The quantitative estimate of drug-likeness (QED) is 0.906. The van der Waals surface area contributed by atoms with Crippen molar-refractivity contribution in [3.05, 3.63) is 28.9 Å². The van der Waals surface area contributed by atoms with Crippen LogP contribution in [-0.2, 0) is 6.54 Å². The molecule has 15 heavy (non-hydrogen) atoms. The SMILES string of the molecule is OC1(Cn2cc3cc(Br)ccc3n2)CC1. The lowest BCUT2D eigenvalue weighted by Crippen LogP contribution is -2.16. The highest BCUT2D eigenvalue weighted by atomic mass is 79.9.